The molecule has 3 rings (SSSR count). The number of hydrogen-bond acceptors (Lipinski definition) is 6. The molecule has 130 valence electrons. The van der Waals surface area contributed by atoms with Crippen molar-refractivity contribution >= 4 is 40.8 Å². The van der Waals surface area contributed by atoms with Crippen LogP contribution in [0.25, 0.3) is 0 Å². The van der Waals surface area contributed by atoms with Gasteiger partial charge in [-0.25, -0.2) is 4.68 Å². The average molecular weight is 385 g/mol. The number of anilines is 1. The monoisotopic (exact) mass is 384 g/mol. The van der Waals surface area contributed by atoms with Crippen molar-refractivity contribution in [2.45, 2.75) is 26.6 Å². The predicted molar refractivity (Wildman–Crippen MR) is 102 cm³/mol. The van der Waals surface area contributed by atoms with Gasteiger partial charge in [0.2, 0.25) is 0 Å². The molecule has 0 aliphatic carbocycles. The van der Waals surface area contributed by atoms with Gasteiger partial charge in [-0.3, -0.25) is 4.90 Å². The fourth-order valence-corrected chi connectivity index (χ4v) is 3.87. The van der Waals surface area contributed by atoms with Crippen LogP contribution in [0.4, 0.5) is 5.69 Å². The standard InChI is InChI=1S/C16H21ClN4OS2/c1-12(2)22-15-18-21(16(23)24-15)11-19-6-8-20(9-7-19)14-5-3-4-13(17)10-14/h3-5,10,12H,6-9,11H2,1-2H3. The first-order valence-corrected chi connectivity index (χ1v) is 9.59. The van der Waals surface area contributed by atoms with Crippen molar-refractivity contribution in [2.75, 3.05) is 31.1 Å². The Morgan fingerprint density at radius 2 is 2.04 bits per heavy atom. The van der Waals surface area contributed by atoms with E-state index in [2.05, 4.69) is 21.0 Å². The maximum Gasteiger partial charge on any atom is 0.293 e. The molecule has 0 unspecified atom stereocenters. The average Bonchev–Trinajstić information content (AvgIpc) is 2.86. The number of nitrogens with zero attached hydrogens (tertiary/aromatic N) is 4. The molecule has 5 nitrogen and oxygen atoms in total. The van der Waals surface area contributed by atoms with Crippen molar-refractivity contribution in [1.29, 1.82) is 0 Å². The molecule has 0 amide bonds. The summed E-state index contributed by atoms with van der Waals surface area (Å²) in [7, 11) is 0. The van der Waals surface area contributed by atoms with Crippen molar-refractivity contribution in [3.63, 3.8) is 0 Å². The van der Waals surface area contributed by atoms with E-state index in [0.717, 1.165) is 35.2 Å². The molecule has 8 heteroatoms. The summed E-state index contributed by atoms with van der Waals surface area (Å²) < 4.78 is 8.24. The topological polar surface area (TPSA) is 33.5 Å². The highest BCUT2D eigenvalue weighted by atomic mass is 35.5. The molecule has 24 heavy (non-hydrogen) atoms. The van der Waals surface area contributed by atoms with E-state index in [-0.39, 0.29) is 6.10 Å². The first-order chi connectivity index (χ1) is 11.5. The van der Waals surface area contributed by atoms with E-state index in [4.69, 9.17) is 28.6 Å². The Bertz CT molecular complexity index is 738. The second kappa shape index (κ2) is 7.82. The van der Waals surface area contributed by atoms with E-state index in [1.54, 1.807) is 0 Å². The number of rotatable bonds is 5. The summed E-state index contributed by atoms with van der Waals surface area (Å²) in [6.07, 6.45) is 0.111. The molecular weight excluding hydrogens is 364 g/mol. The van der Waals surface area contributed by atoms with Gasteiger partial charge in [0.05, 0.1) is 12.8 Å². The van der Waals surface area contributed by atoms with Crippen LogP contribution in [0.5, 0.6) is 5.19 Å². The molecule has 0 spiro atoms. The number of aromatic nitrogens is 2. The van der Waals surface area contributed by atoms with Crippen LogP contribution in [0.2, 0.25) is 5.02 Å². The van der Waals surface area contributed by atoms with Gasteiger partial charge >= 0.3 is 0 Å². The molecule has 0 N–H and O–H groups in total. The SMILES string of the molecule is CC(C)Oc1nn(CN2CCN(c3cccc(Cl)c3)CC2)c(=S)s1. The third kappa shape index (κ3) is 4.47. The van der Waals surface area contributed by atoms with Crippen LogP contribution in [-0.2, 0) is 6.67 Å². The summed E-state index contributed by atoms with van der Waals surface area (Å²) in [5.41, 5.74) is 1.18. The first-order valence-electron chi connectivity index (χ1n) is 7.99. The van der Waals surface area contributed by atoms with Crippen molar-refractivity contribution in [2.24, 2.45) is 0 Å². The Kier molecular flexibility index (Phi) is 5.76. The normalized spacial score (nSPS) is 15.9. The summed E-state index contributed by atoms with van der Waals surface area (Å²) in [5, 5.41) is 5.89. The lowest BCUT2D eigenvalue weighted by atomic mass is 10.2. The molecule has 0 saturated carbocycles. The summed E-state index contributed by atoms with van der Waals surface area (Å²) in [6, 6.07) is 8.02. The zero-order valence-corrected chi connectivity index (χ0v) is 16.2. The third-order valence-electron chi connectivity index (χ3n) is 3.80. The van der Waals surface area contributed by atoms with Crippen LogP contribution in [0.1, 0.15) is 13.8 Å². The van der Waals surface area contributed by atoms with E-state index in [1.807, 2.05) is 36.7 Å². The van der Waals surface area contributed by atoms with E-state index in [9.17, 15) is 0 Å². The van der Waals surface area contributed by atoms with Gasteiger partial charge in [-0.05, 0) is 55.6 Å². The third-order valence-corrected chi connectivity index (χ3v) is 5.24. The number of piperazine rings is 1. The minimum atomic E-state index is 0.111. The molecule has 2 aromatic rings. The van der Waals surface area contributed by atoms with Gasteiger partial charge in [0.15, 0.2) is 3.95 Å². The summed E-state index contributed by atoms with van der Waals surface area (Å²) in [4.78, 5) is 4.71. The Labute approximate surface area is 156 Å². The lowest BCUT2D eigenvalue weighted by molar-refractivity contribution is 0.187. The maximum absolute atomic E-state index is 6.08. The van der Waals surface area contributed by atoms with Gasteiger partial charge in [0.1, 0.15) is 0 Å². The van der Waals surface area contributed by atoms with Crippen LogP contribution in [0.3, 0.4) is 0 Å². The lowest BCUT2D eigenvalue weighted by Crippen LogP contribution is -2.46. The highest BCUT2D eigenvalue weighted by Crippen LogP contribution is 2.22. The molecule has 1 fully saturated rings. The number of ether oxygens (including phenoxy) is 1. The van der Waals surface area contributed by atoms with Crippen LogP contribution in [0.15, 0.2) is 24.3 Å². The number of benzene rings is 1. The van der Waals surface area contributed by atoms with Gasteiger partial charge in [0, 0.05) is 36.9 Å². The number of halogens is 1. The highest BCUT2D eigenvalue weighted by Gasteiger charge is 2.18. The van der Waals surface area contributed by atoms with Crippen LogP contribution >= 0.6 is 35.2 Å². The Morgan fingerprint density at radius 3 is 2.71 bits per heavy atom. The molecular formula is C16H21ClN4OS2. The first kappa shape index (κ1) is 17.7. The molecule has 1 aromatic heterocycles. The minimum Gasteiger partial charge on any atom is -0.466 e. The van der Waals surface area contributed by atoms with E-state index in [1.165, 1.54) is 17.0 Å². The van der Waals surface area contributed by atoms with Crippen molar-refractivity contribution < 1.29 is 4.74 Å². The van der Waals surface area contributed by atoms with Crippen molar-refractivity contribution in [3.8, 4) is 5.19 Å². The number of hydrogen-bond donors (Lipinski definition) is 0. The summed E-state index contributed by atoms with van der Waals surface area (Å²) in [5.74, 6) is 0. The molecule has 1 aromatic carbocycles. The lowest BCUT2D eigenvalue weighted by Gasteiger charge is -2.35. The van der Waals surface area contributed by atoms with E-state index >= 15 is 0 Å². The van der Waals surface area contributed by atoms with Gasteiger partial charge in [-0.2, -0.15) is 0 Å². The highest BCUT2D eigenvalue weighted by molar-refractivity contribution is 7.73. The smallest absolute Gasteiger partial charge is 0.293 e. The molecule has 1 aliphatic heterocycles. The second-order valence-corrected chi connectivity index (χ2v) is 8.05. The van der Waals surface area contributed by atoms with Gasteiger partial charge in [-0.15, -0.1) is 5.10 Å². The zero-order chi connectivity index (χ0) is 17.1. The molecule has 2 heterocycles. The molecule has 1 aliphatic rings. The molecule has 1 saturated heterocycles. The fourth-order valence-electron chi connectivity index (χ4n) is 2.64. The van der Waals surface area contributed by atoms with E-state index < -0.39 is 0 Å². The van der Waals surface area contributed by atoms with Crippen molar-refractivity contribution in [3.05, 3.63) is 33.2 Å². The predicted octanol–water partition coefficient (Wildman–Crippen LogP) is 3.89. The largest absolute Gasteiger partial charge is 0.466 e. The van der Waals surface area contributed by atoms with Crippen LogP contribution < -0.4 is 9.64 Å². The van der Waals surface area contributed by atoms with Gasteiger partial charge < -0.3 is 9.64 Å². The molecule has 0 bridgehead atoms. The summed E-state index contributed by atoms with van der Waals surface area (Å²) in [6.45, 7) is 8.55. The van der Waals surface area contributed by atoms with E-state index in [0.29, 0.717) is 11.9 Å². The second-order valence-electron chi connectivity index (χ2n) is 6.03. The molecule has 0 atom stereocenters. The van der Waals surface area contributed by atoms with Gasteiger partial charge in [-0.1, -0.05) is 17.7 Å². The maximum atomic E-state index is 6.08. The Balaban J connectivity index is 1.57. The summed E-state index contributed by atoms with van der Waals surface area (Å²) >= 11 is 12.9. The van der Waals surface area contributed by atoms with Crippen LogP contribution in [-0.4, -0.2) is 47.0 Å². The fraction of sp³-hybridized carbons (Fsp3) is 0.500. The minimum absolute atomic E-state index is 0.111. The van der Waals surface area contributed by atoms with Gasteiger partial charge in [0.25, 0.3) is 5.19 Å². The zero-order valence-electron chi connectivity index (χ0n) is 13.8. The quantitative estimate of drug-likeness (QED) is 0.730. The molecule has 0 radical (unpaired) electrons. The van der Waals surface area contributed by atoms with Crippen molar-refractivity contribution in [1.82, 2.24) is 14.7 Å². The Hall–Kier alpha value is -1.15. The Morgan fingerprint density at radius 1 is 1.29 bits per heavy atom. The van der Waals surface area contributed by atoms with Crippen LogP contribution in [0, 0.1) is 3.95 Å².